The van der Waals surface area contributed by atoms with E-state index in [0.717, 1.165) is 5.56 Å². The Morgan fingerprint density at radius 1 is 1.29 bits per heavy atom. The van der Waals surface area contributed by atoms with Gasteiger partial charge in [0, 0.05) is 18.6 Å². The zero-order valence-electron chi connectivity index (χ0n) is 12.7. The second-order valence-electron chi connectivity index (χ2n) is 5.72. The normalized spacial score (nSPS) is 13.0. The van der Waals surface area contributed by atoms with Gasteiger partial charge in [-0.3, -0.25) is 4.98 Å². The van der Waals surface area contributed by atoms with Gasteiger partial charge < -0.3 is 5.11 Å². The van der Waals surface area contributed by atoms with E-state index >= 15 is 0 Å². The van der Waals surface area contributed by atoms with E-state index in [1.807, 2.05) is 6.92 Å². The molecule has 0 aliphatic heterocycles. The molecule has 0 radical (unpaired) electrons. The van der Waals surface area contributed by atoms with E-state index in [1.54, 1.807) is 44.3 Å². The van der Waals surface area contributed by atoms with Crippen molar-refractivity contribution in [2.75, 3.05) is 13.7 Å². The van der Waals surface area contributed by atoms with Crippen LogP contribution in [0, 0.1) is 6.92 Å². The van der Waals surface area contributed by atoms with E-state index in [1.165, 1.54) is 11.4 Å². The van der Waals surface area contributed by atoms with Crippen molar-refractivity contribution in [1.29, 1.82) is 0 Å². The Kier molecular flexibility index (Phi) is 4.06. The first-order valence-corrected chi connectivity index (χ1v) is 8.10. The van der Waals surface area contributed by atoms with E-state index in [4.69, 9.17) is 0 Å². The van der Waals surface area contributed by atoms with Crippen LogP contribution < -0.4 is 0 Å². The first kappa shape index (κ1) is 15.9. The fraction of sp³-hybridized carbons (Fsp3) is 0.400. The fourth-order valence-electron chi connectivity index (χ4n) is 2.09. The Morgan fingerprint density at radius 2 is 1.95 bits per heavy atom. The van der Waals surface area contributed by atoms with Gasteiger partial charge in [-0.05, 0) is 44.5 Å². The summed E-state index contributed by atoms with van der Waals surface area (Å²) in [6, 6.07) is 6.82. The maximum atomic E-state index is 12.9. The minimum atomic E-state index is -3.72. The SMILES string of the molecule is Cc1ccc(S(=O)(=O)N(C)C(C)(C)CO)c2cccnc12. The Hall–Kier alpha value is -1.50. The number of hydrogen-bond acceptors (Lipinski definition) is 4. The number of pyridine rings is 1. The zero-order chi connectivity index (χ0) is 15.8. The topological polar surface area (TPSA) is 70.5 Å². The third-order valence-corrected chi connectivity index (χ3v) is 5.94. The number of rotatable bonds is 4. The molecule has 1 heterocycles. The number of aliphatic hydroxyl groups excluding tert-OH is 1. The van der Waals surface area contributed by atoms with Gasteiger partial charge in [0.2, 0.25) is 10.0 Å². The van der Waals surface area contributed by atoms with Gasteiger partial charge in [0.05, 0.1) is 22.6 Å². The van der Waals surface area contributed by atoms with Gasteiger partial charge in [0.1, 0.15) is 0 Å². The molecule has 0 unspecified atom stereocenters. The Morgan fingerprint density at radius 3 is 2.57 bits per heavy atom. The molecule has 0 aliphatic rings. The first-order chi connectivity index (χ1) is 9.71. The number of hydrogen-bond donors (Lipinski definition) is 1. The van der Waals surface area contributed by atoms with Crippen LogP contribution in [-0.2, 0) is 10.0 Å². The molecule has 0 spiro atoms. The second-order valence-corrected chi connectivity index (χ2v) is 7.66. The van der Waals surface area contributed by atoms with Crippen LogP contribution in [0.2, 0.25) is 0 Å². The molecule has 0 fully saturated rings. The minimum Gasteiger partial charge on any atom is -0.394 e. The van der Waals surface area contributed by atoms with Crippen LogP contribution >= 0.6 is 0 Å². The molecule has 0 aliphatic carbocycles. The number of nitrogens with zero attached hydrogens (tertiary/aromatic N) is 2. The quantitative estimate of drug-likeness (QED) is 0.937. The van der Waals surface area contributed by atoms with Crippen molar-refractivity contribution in [3.05, 3.63) is 36.0 Å². The summed E-state index contributed by atoms with van der Waals surface area (Å²) in [4.78, 5) is 4.47. The van der Waals surface area contributed by atoms with Gasteiger partial charge in [0.15, 0.2) is 0 Å². The lowest BCUT2D eigenvalue weighted by Gasteiger charge is -2.33. The molecule has 2 rings (SSSR count). The van der Waals surface area contributed by atoms with Gasteiger partial charge in [-0.2, -0.15) is 4.31 Å². The Labute approximate surface area is 125 Å². The summed E-state index contributed by atoms with van der Waals surface area (Å²) >= 11 is 0. The highest BCUT2D eigenvalue weighted by Crippen LogP contribution is 2.29. The summed E-state index contributed by atoms with van der Waals surface area (Å²) in [7, 11) is -2.24. The highest BCUT2D eigenvalue weighted by Gasteiger charge is 2.34. The number of fused-ring (bicyclic) bond motifs is 1. The lowest BCUT2D eigenvalue weighted by molar-refractivity contribution is 0.138. The number of likely N-dealkylation sites (N-methyl/N-ethyl adjacent to an activating group) is 1. The van der Waals surface area contributed by atoms with Crippen molar-refractivity contribution in [3.8, 4) is 0 Å². The van der Waals surface area contributed by atoms with Crippen LogP contribution in [0.1, 0.15) is 19.4 Å². The van der Waals surface area contributed by atoms with Crippen LogP contribution in [-0.4, -0.2) is 42.0 Å². The number of aryl methyl sites for hydroxylation is 1. The van der Waals surface area contributed by atoms with Gasteiger partial charge in [-0.25, -0.2) is 8.42 Å². The maximum Gasteiger partial charge on any atom is 0.244 e. The number of aromatic nitrogens is 1. The highest BCUT2D eigenvalue weighted by atomic mass is 32.2. The average Bonchev–Trinajstić information content (AvgIpc) is 2.46. The predicted molar refractivity (Wildman–Crippen MR) is 82.6 cm³/mol. The molecule has 2 aromatic rings. The smallest absolute Gasteiger partial charge is 0.244 e. The van der Waals surface area contributed by atoms with E-state index in [-0.39, 0.29) is 11.5 Å². The first-order valence-electron chi connectivity index (χ1n) is 6.66. The summed E-state index contributed by atoms with van der Waals surface area (Å²) in [6.45, 7) is 5.00. The lowest BCUT2D eigenvalue weighted by Crippen LogP contribution is -2.47. The molecule has 0 bridgehead atoms. The van der Waals surface area contributed by atoms with Crippen molar-refractivity contribution in [2.24, 2.45) is 0 Å². The molecule has 0 saturated carbocycles. The van der Waals surface area contributed by atoms with Crippen LogP contribution in [0.4, 0.5) is 0 Å². The van der Waals surface area contributed by atoms with Crippen LogP contribution in [0.15, 0.2) is 35.4 Å². The minimum absolute atomic E-state index is 0.209. The molecule has 114 valence electrons. The molecule has 1 aromatic carbocycles. The molecule has 0 atom stereocenters. The molecular weight excluding hydrogens is 288 g/mol. The van der Waals surface area contributed by atoms with Crippen molar-refractivity contribution >= 4 is 20.9 Å². The van der Waals surface area contributed by atoms with Gasteiger partial charge in [-0.15, -0.1) is 0 Å². The molecule has 5 nitrogen and oxygen atoms in total. The van der Waals surface area contributed by atoms with Crippen molar-refractivity contribution < 1.29 is 13.5 Å². The van der Waals surface area contributed by atoms with E-state index in [2.05, 4.69) is 4.98 Å². The third kappa shape index (κ3) is 2.66. The number of sulfonamides is 1. The third-order valence-electron chi connectivity index (χ3n) is 3.81. The number of benzene rings is 1. The zero-order valence-corrected chi connectivity index (χ0v) is 13.5. The summed E-state index contributed by atoms with van der Waals surface area (Å²) in [6.07, 6.45) is 1.65. The molecule has 6 heteroatoms. The largest absolute Gasteiger partial charge is 0.394 e. The van der Waals surface area contributed by atoms with Crippen molar-refractivity contribution in [1.82, 2.24) is 9.29 Å². The predicted octanol–water partition coefficient (Wildman–Crippen LogP) is 1.93. The van der Waals surface area contributed by atoms with Gasteiger partial charge in [-0.1, -0.05) is 6.07 Å². The van der Waals surface area contributed by atoms with E-state index < -0.39 is 15.6 Å². The Bertz CT molecular complexity index is 770. The van der Waals surface area contributed by atoms with E-state index in [0.29, 0.717) is 10.9 Å². The summed E-state index contributed by atoms with van der Waals surface area (Å²) in [5, 5.41) is 10.0. The lowest BCUT2D eigenvalue weighted by atomic mass is 10.1. The van der Waals surface area contributed by atoms with Crippen LogP contribution in [0.3, 0.4) is 0 Å². The fourth-order valence-corrected chi connectivity index (χ4v) is 3.77. The van der Waals surface area contributed by atoms with Crippen molar-refractivity contribution in [3.63, 3.8) is 0 Å². The second kappa shape index (κ2) is 5.36. The standard InChI is InChI=1S/C15H20N2O3S/c1-11-7-8-13(12-6-5-9-16-14(11)12)21(19,20)17(4)15(2,3)10-18/h5-9,18H,10H2,1-4H3. The molecule has 1 N–H and O–H groups in total. The molecule has 1 aromatic heterocycles. The molecular formula is C15H20N2O3S. The monoisotopic (exact) mass is 308 g/mol. The van der Waals surface area contributed by atoms with Crippen LogP contribution in [0.25, 0.3) is 10.9 Å². The highest BCUT2D eigenvalue weighted by molar-refractivity contribution is 7.89. The molecule has 0 amide bonds. The maximum absolute atomic E-state index is 12.9. The Balaban J connectivity index is 2.70. The summed E-state index contributed by atoms with van der Waals surface area (Å²) in [5.41, 5.74) is 0.723. The summed E-state index contributed by atoms with van der Waals surface area (Å²) < 4.78 is 26.9. The molecule has 21 heavy (non-hydrogen) atoms. The average molecular weight is 308 g/mol. The van der Waals surface area contributed by atoms with Gasteiger partial charge in [0.25, 0.3) is 0 Å². The molecule has 0 saturated heterocycles. The van der Waals surface area contributed by atoms with Crippen molar-refractivity contribution in [2.45, 2.75) is 31.2 Å². The van der Waals surface area contributed by atoms with Gasteiger partial charge >= 0.3 is 0 Å². The summed E-state index contributed by atoms with van der Waals surface area (Å²) in [5.74, 6) is 0. The van der Waals surface area contributed by atoms with E-state index in [9.17, 15) is 13.5 Å². The van der Waals surface area contributed by atoms with Crippen LogP contribution in [0.5, 0.6) is 0 Å². The number of aliphatic hydroxyl groups is 1.